The summed E-state index contributed by atoms with van der Waals surface area (Å²) in [6, 6.07) is 17.8. The second-order valence-corrected chi connectivity index (χ2v) is 5.93. The van der Waals surface area contributed by atoms with Gasteiger partial charge in [-0.15, -0.1) is 4.91 Å². The number of hydrogen-bond acceptors (Lipinski definition) is 5. The number of rotatable bonds is 8. The van der Waals surface area contributed by atoms with E-state index in [0.29, 0.717) is 6.54 Å². The molecule has 0 radical (unpaired) electrons. The molecule has 2 aromatic carbocycles. The maximum absolute atomic E-state index is 12.2. The van der Waals surface area contributed by atoms with Gasteiger partial charge in [-0.3, -0.25) is 9.59 Å². The highest BCUT2D eigenvalue weighted by atomic mass is 16.3. The van der Waals surface area contributed by atoms with Crippen molar-refractivity contribution in [3.63, 3.8) is 0 Å². The Morgan fingerprint density at radius 1 is 1.11 bits per heavy atom. The minimum atomic E-state index is -0.799. The Labute approximate surface area is 158 Å². The van der Waals surface area contributed by atoms with Gasteiger partial charge in [-0.05, 0) is 21.9 Å². The van der Waals surface area contributed by atoms with Gasteiger partial charge in [-0.25, -0.2) is 0 Å². The van der Waals surface area contributed by atoms with E-state index in [-0.39, 0.29) is 11.3 Å². The molecule has 1 N–H and O–H groups in total. The van der Waals surface area contributed by atoms with Crippen LogP contribution < -0.4 is 5.32 Å². The lowest BCUT2D eigenvalue weighted by Gasteiger charge is -2.17. The number of nitrogens with zero attached hydrogens (tertiary/aromatic N) is 2. The first-order chi connectivity index (χ1) is 13.0. The molecule has 0 aliphatic rings. The summed E-state index contributed by atoms with van der Waals surface area (Å²) in [7, 11) is 3.11. The molecule has 0 aliphatic heterocycles. The molecule has 27 heavy (non-hydrogen) atoms. The van der Waals surface area contributed by atoms with Crippen molar-refractivity contribution in [2.75, 3.05) is 14.1 Å². The van der Waals surface area contributed by atoms with Crippen LogP contribution in [0.5, 0.6) is 0 Å². The summed E-state index contributed by atoms with van der Waals surface area (Å²) in [6.45, 7) is 3.87. The van der Waals surface area contributed by atoms with E-state index in [1.54, 1.807) is 11.9 Å². The van der Waals surface area contributed by atoms with Crippen LogP contribution in [0.25, 0.3) is 11.1 Å². The molecule has 1 amide bonds. The highest BCUT2D eigenvalue weighted by Crippen LogP contribution is 2.24. The molecule has 0 bridgehead atoms. The minimum Gasteiger partial charge on any atom is -0.374 e. The Bertz CT molecular complexity index is 889. The first-order valence-electron chi connectivity index (χ1n) is 8.32. The van der Waals surface area contributed by atoms with E-state index in [2.05, 4.69) is 17.1 Å². The number of likely N-dealkylation sites (N-methyl/N-ethyl adjacent to an activating group) is 1. The van der Waals surface area contributed by atoms with Crippen LogP contribution in [-0.2, 0) is 16.1 Å². The molecule has 0 heterocycles. The van der Waals surface area contributed by atoms with Gasteiger partial charge in [0.1, 0.15) is 0 Å². The number of nitrogens with one attached hydrogen (secondary N) is 1. The average Bonchev–Trinajstić information content (AvgIpc) is 2.71. The summed E-state index contributed by atoms with van der Waals surface area (Å²) >= 11 is 0. The van der Waals surface area contributed by atoms with Crippen LogP contribution >= 0.6 is 0 Å². The van der Waals surface area contributed by atoms with Gasteiger partial charge in [-0.1, -0.05) is 61.2 Å². The van der Waals surface area contributed by atoms with Gasteiger partial charge in [0.2, 0.25) is 5.78 Å². The molecule has 0 saturated heterocycles. The summed E-state index contributed by atoms with van der Waals surface area (Å²) < 4.78 is 0. The summed E-state index contributed by atoms with van der Waals surface area (Å²) in [5, 5.41) is 5.07. The molecule has 0 unspecified atom stereocenters. The van der Waals surface area contributed by atoms with Gasteiger partial charge in [0.15, 0.2) is 5.70 Å². The van der Waals surface area contributed by atoms with E-state index in [0.717, 1.165) is 16.7 Å². The van der Waals surface area contributed by atoms with Crippen molar-refractivity contribution in [2.24, 2.45) is 5.18 Å². The molecule has 2 aromatic rings. The molecular weight excluding hydrogens is 342 g/mol. The number of ketones is 1. The highest BCUT2D eigenvalue weighted by molar-refractivity contribution is 6.24. The smallest absolute Gasteiger partial charge is 0.254 e. The molecule has 2 rings (SSSR count). The Kier molecular flexibility index (Phi) is 6.77. The fourth-order valence-electron chi connectivity index (χ4n) is 2.61. The van der Waals surface area contributed by atoms with Crippen molar-refractivity contribution in [1.29, 1.82) is 0 Å². The third kappa shape index (κ3) is 4.98. The first kappa shape index (κ1) is 19.8. The molecule has 0 aliphatic carbocycles. The van der Waals surface area contributed by atoms with E-state index < -0.39 is 11.7 Å². The van der Waals surface area contributed by atoms with Crippen molar-refractivity contribution < 1.29 is 9.59 Å². The zero-order chi connectivity index (χ0) is 19.8. The average molecular weight is 363 g/mol. The second-order valence-electron chi connectivity index (χ2n) is 5.93. The zero-order valence-electron chi connectivity index (χ0n) is 15.3. The van der Waals surface area contributed by atoms with Crippen LogP contribution in [0, 0.1) is 4.91 Å². The van der Waals surface area contributed by atoms with Crippen LogP contribution in [0.1, 0.15) is 5.56 Å². The van der Waals surface area contributed by atoms with Crippen LogP contribution in [-0.4, -0.2) is 30.7 Å². The zero-order valence-corrected chi connectivity index (χ0v) is 15.3. The lowest BCUT2D eigenvalue weighted by Crippen LogP contribution is -2.25. The maximum Gasteiger partial charge on any atom is 0.254 e. The molecule has 0 spiro atoms. The Morgan fingerprint density at radius 2 is 1.74 bits per heavy atom. The van der Waals surface area contributed by atoms with Crippen molar-refractivity contribution in [3.05, 3.63) is 89.1 Å². The minimum absolute atomic E-state index is 0.332. The standard InChI is InChI=1S/C21H21N3O3/c1-15(21(26)22-2)20(25)19(23-27)14-24(3)13-17-11-7-8-12-18(17)16-9-5-4-6-10-16/h4-12,14H,1,13H2,2-3H3,(H,22,26)/b19-14+. The SMILES string of the molecule is C=C(C(=O)NC)C(=O)/C(=C\N(C)Cc1ccccc1-c1ccccc1)N=O. The number of Topliss-reactive ketones (excluding diaryl/α,β-unsaturated/α-hetero) is 1. The number of hydrogen-bond donors (Lipinski definition) is 1. The molecule has 138 valence electrons. The third-order valence-electron chi connectivity index (χ3n) is 3.97. The lowest BCUT2D eigenvalue weighted by atomic mass is 9.99. The predicted octanol–water partition coefficient (Wildman–Crippen LogP) is 3.26. The summed E-state index contributed by atoms with van der Waals surface area (Å²) in [5.74, 6) is -1.45. The van der Waals surface area contributed by atoms with Gasteiger partial charge in [0, 0.05) is 26.8 Å². The number of benzene rings is 2. The van der Waals surface area contributed by atoms with Gasteiger partial charge in [-0.2, -0.15) is 0 Å². The van der Waals surface area contributed by atoms with E-state index in [4.69, 9.17) is 0 Å². The number of allylic oxidation sites excluding steroid dienone is 1. The van der Waals surface area contributed by atoms with E-state index in [9.17, 15) is 14.5 Å². The molecule has 6 nitrogen and oxygen atoms in total. The topological polar surface area (TPSA) is 78.8 Å². The van der Waals surface area contributed by atoms with Gasteiger partial charge in [0.25, 0.3) is 5.91 Å². The van der Waals surface area contributed by atoms with Crippen LogP contribution in [0.4, 0.5) is 0 Å². The highest BCUT2D eigenvalue weighted by Gasteiger charge is 2.20. The molecule has 0 fully saturated rings. The van der Waals surface area contributed by atoms with E-state index >= 15 is 0 Å². The Balaban J connectivity index is 2.24. The second kappa shape index (κ2) is 9.24. The molecule has 0 atom stereocenters. The Morgan fingerprint density at radius 3 is 2.37 bits per heavy atom. The van der Waals surface area contributed by atoms with Crippen LogP contribution in [0.3, 0.4) is 0 Å². The predicted molar refractivity (Wildman–Crippen MR) is 105 cm³/mol. The van der Waals surface area contributed by atoms with Crippen molar-refractivity contribution >= 4 is 11.7 Å². The molecule has 0 saturated carbocycles. The quantitative estimate of drug-likeness (QED) is 0.338. The summed E-state index contributed by atoms with van der Waals surface area (Å²) in [5.41, 5.74) is 2.44. The monoisotopic (exact) mass is 363 g/mol. The number of amides is 1. The molecular formula is C21H21N3O3. The van der Waals surface area contributed by atoms with Crippen molar-refractivity contribution in [3.8, 4) is 11.1 Å². The van der Waals surface area contributed by atoms with E-state index in [1.807, 2.05) is 54.6 Å². The van der Waals surface area contributed by atoms with Gasteiger partial charge >= 0.3 is 0 Å². The van der Waals surface area contributed by atoms with Crippen LogP contribution in [0.2, 0.25) is 0 Å². The maximum atomic E-state index is 12.2. The number of carbonyl (C=O) groups is 2. The number of nitroso groups, excluding NO2 is 1. The first-order valence-corrected chi connectivity index (χ1v) is 8.32. The van der Waals surface area contributed by atoms with E-state index in [1.165, 1.54) is 13.2 Å². The van der Waals surface area contributed by atoms with Gasteiger partial charge in [0.05, 0.1) is 5.57 Å². The fourth-order valence-corrected chi connectivity index (χ4v) is 2.61. The molecule has 0 aromatic heterocycles. The number of carbonyl (C=O) groups excluding carboxylic acids is 2. The molecule has 6 heteroatoms. The fraction of sp³-hybridized carbons (Fsp3) is 0.143. The Hall–Kier alpha value is -3.54. The van der Waals surface area contributed by atoms with Gasteiger partial charge < -0.3 is 10.2 Å². The summed E-state index contributed by atoms with van der Waals surface area (Å²) in [6.07, 6.45) is 1.32. The largest absolute Gasteiger partial charge is 0.374 e. The third-order valence-corrected chi connectivity index (χ3v) is 3.97. The summed E-state index contributed by atoms with van der Waals surface area (Å²) in [4.78, 5) is 36.5. The van der Waals surface area contributed by atoms with Crippen molar-refractivity contribution in [2.45, 2.75) is 6.54 Å². The van der Waals surface area contributed by atoms with Crippen molar-refractivity contribution in [1.82, 2.24) is 10.2 Å². The lowest BCUT2D eigenvalue weighted by molar-refractivity contribution is -0.120. The normalized spacial score (nSPS) is 10.8. The van der Waals surface area contributed by atoms with Crippen LogP contribution in [0.15, 0.2) is 83.8 Å².